The van der Waals surface area contributed by atoms with Gasteiger partial charge in [0.1, 0.15) is 16.5 Å². The summed E-state index contributed by atoms with van der Waals surface area (Å²) in [6.07, 6.45) is -0.123. The Morgan fingerprint density at radius 2 is 1.78 bits per heavy atom. The van der Waals surface area contributed by atoms with Crippen molar-refractivity contribution < 1.29 is 14.3 Å². The van der Waals surface area contributed by atoms with E-state index in [1.54, 1.807) is 43.5 Å². The molecule has 3 rings (SSSR count). The van der Waals surface area contributed by atoms with Crippen LogP contribution in [0.15, 0.2) is 48.5 Å². The van der Waals surface area contributed by atoms with Crippen molar-refractivity contribution in [2.24, 2.45) is 0 Å². The van der Waals surface area contributed by atoms with Crippen molar-refractivity contribution in [2.75, 3.05) is 12.4 Å². The summed E-state index contributed by atoms with van der Waals surface area (Å²) in [5, 5.41) is 12.7. The molecule has 0 saturated carbocycles. The van der Waals surface area contributed by atoms with Gasteiger partial charge in [0.05, 0.1) is 7.11 Å². The van der Waals surface area contributed by atoms with E-state index in [0.29, 0.717) is 27.3 Å². The van der Waals surface area contributed by atoms with Crippen molar-refractivity contribution in [1.29, 1.82) is 0 Å². The topological polar surface area (TPSA) is 73.3 Å². The molecule has 0 spiro atoms. The number of methoxy groups -OCH3 is 1. The number of nitrogens with one attached hydrogen (secondary N) is 1. The van der Waals surface area contributed by atoms with Crippen molar-refractivity contribution in [3.63, 3.8) is 0 Å². The van der Waals surface area contributed by atoms with Crippen LogP contribution in [0.5, 0.6) is 11.5 Å². The van der Waals surface area contributed by atoms with Crippen molar-refractivity contribution in [3.8, 4) is 22.1 Å². The summed E-state index contributed by atoms with van der Waals surface area (Å²) in [6.45, 7) is 1.88. The van der Waals surface area contributed by atoms with Crippen LogP contribution < -0.4 is 14.8 Å². The minimum Gasteiger partial charge on any atom is -0.497 e. The van der Waals surface area contributed by atoms with Crippen LogP contribution in [-0.4, -0.2) is 29.3 Å². The van der Waals surface area contributed by atoms with Gasteiger partial charge in [-0.3, -0.25) is 10.1 Å². The fourth-order valence-electron chi connectivity index (χ4n) is 2.31. The van der Waals surface area contributed by atoms with Crippen molar-refractivity contribution in [2.45, 2.75) is 19.4 Å². The Morgan fingerprint density at radius 3 is 2.41 bits per heavy atom. The average Bonchev–Trinajstić information content (AvgIpc) is 3.15. The number of nitrogens with zero attached hydrogens (tertiary/aromatic N) is 2. The number of hydrogen-bond donors (Lipinski definition) is 1. The fourth-order valence-corrected chi connectivity index (χ4v) is 3.19. The molecule has 0 saturated heterocycles. The smallest absolute Gasteiger partial charge is 0.267 e. The predicted molar refractivity (Wildman–Crippen MR) is 107 cm³/mol. The molecule has 8 heteroatoms. The molecule has 140 valence electrons. The summed E-state index contributed by atoms with van der Waals surface area (Å²) in [6, 6.07) is 14.4. The lowest BCUT2D eigenvalue weighted by molar-refractivity contribution is -0.122. The van der Waals surface area contributed by atoms with Crippen LogP contribution in [0.25, 0.3) is 10.6 Å². The first-order valence-corrected chi connectivity index (χ1v) is 9.49. The molecule has 1 atom stereocenters. The molecule has 0 aliphatic rings. The molecule has 1 unspecified atom stereocenters. The molecule has 0 aliphatic carbocycles. The molecule has 6 nitrogen and oxygen atoms in total. The maximum Gasteiger partial charge on any atom is 0.267 e. The van der Waals surface area contributed by atoms with Crippen LogP contribution in [0.1, 0.15) is 13.3 Å². The van der Waals surface area contributed by atoms with Gasteiger partial charge in [-0.25, -0.2) is 0 Å². The van der Waals surface area contributed by atoms with Crippen molar-refractivity contribution in [3.05, 3.63) is 53.6 Å². The number of hydrogen-bond acceptors (Lipinski definition) is 6. The highest BCUT2D eigenvalue weighted by molar-refractivity contribution is 7.18. The average molecular weight is 404 g/mol. The van der Waals surface area contributed by atoms with E-state index in [1.165, 1.54) is 11.3 Å². The monoisotopic (exact) mass is 403 g/mol. The molecule has 0 radical (unpaired) electrons. The Morgan fingerprint density at radius 1 is 1.11 bits per heavy atom. The van der Waals surface area contributed by atoms with E-state index in [2.05, 4.69) is 15.5 Å². The third kappa shape index (κ3) is 4.96. The summed E-state index contributed by atoms with van der Waals surface area (Å²) in [5.74, 6) is 1.05. The van der Waals surface area contributed by atoms with Crippen LogP contribution in [0.4, 0.5) is 5.13 Å². The van der Waals surface area contributed by atoms with Gasteiger partial charge in [-0.2, -0.15) is 0 Å². The number of ether oxygens (including phenoxy) is 2. The van der Waals surface area contributed by atoms with Crippen molar-refractivity contribution >= 4 is 34.0 Å². The first-order valence-electron chi connectivity index (χ1n) is 8.30. The normalized spacial score (nSPS) is 11.7. The molecule has 1 heterocycles. The molecule has 1 aromatic heterocycles. The molecular weight excluding hydrogens is 386 g/mol. The van der Waals surface area contributed by atoms with Gasteiger partial charge < -0.3 is 9.47 Å². The van der Waals surface area contributed by atoms with Crippen molar-refractivity contribution in [1.82, 2.24) is 10.2 Å². The third-order valence-corrected chi connectivity index (χ3v) is 4.89. The molecule has 0 fully saturated rings. The van der Waals surface area contributed by atoms with E-state index in [9.17, 15) is 4.79 Å². The highest BCUT2D eigenvalue weighted by Crippen LogP contribution is 2.27. The van der Waals surface area contributed by atoms with Gasteiger partial charge in [0.15, 0.2) is 6.10 Å². The van der Waals surface area contributed by atoms with E-state index in [-0.39, 0.29) is 5.91 Å². The van der Waals surface area contributed by atoms with Gasteiger partial charge in [0.25, 0.3) is 5.91 Å². The van der Waals surface area contributed by atoms with Gasteiger partial charge in [0.2, 0.25) is 5.13 Å². The minimum atomic E-state index is -0.638. The number of aromatic nitrogens is 2. The lowest BCUT2D eigenvalue weighted by atomic mass is 10.2. The Balaban J connectivity index is 1.65. The second kappa shape index (κ2) is 8.83. The lowest BCUT2D eigenvalue weighted by Gasteiger charge is -2.16. The van der Waals surface area contributed by atoms with E-state index in [0.717, 1.165) is 11.3 Å². The highest BCUT2D eigenvalue weighted by Gasteiger charge is 2.20. The number of amides is 1. The SMILES string of the molecule is CCC(Oc1ccc(OC)cc1)C(=O)Nc1nnc(-c2ccc(Cl)cc2)s1. The molecule has 0 aliphatic heterocycles. The molecule has 27 heavy (non-hydrogen) atoms. The summed E-state index contributed by atoms with van der Waals surface area (Å²) in [7, 11) is 1.60. The summed E-state index contributed by atoms with van der Waals surface area (Å²) in [4.78, 5) is 12.5. The number of carbonyl (C=O) groups is 1. The largest absolute Gasteiger partial charge is 0.497 e. The zero-order chi connectivity index (χ0) is 19.2. The van der Waals surface area contributed by atoms with Gasteiger partial charge in [-0.15, -0.1) is 10.2 Å². The Kier molecular flexibility index (Phi) is 6.26. The van der Waals surface area contributed by atoms with Crippen LogP contribution >= 0.6 is 22.9 Å². The maximum absolute atomic E-state index is 12.5. The Hall–Kier alpha value is -2.64. The molecule has 1 N–H and O–H groups in total. The van der Waals surface area contributed by atoms with Crippen LogP contribution in [-0.2, 0) is 4.79 Å². The minimum absolute atomic E-state index is 0.271. The number of carbonyl (C=O) groups excluding carboxylic acids is 1. The first-order chi connectivity index (χ1) is 13.1. The molecule has 0 bridgehead atoms. The summed E-state index contributed by atoms with van der Waals surface area (Å²) < 4.78 is 10.9. The Labute approximate surface area is 166 Å². The van der Waals surface area contributed by atoms with E-state index >= 15 is 0 Å². The van der Waals surface area contributed by atoms with Gasteiger partial charge in [-0.05, 0) is 42.8 Å². The van der Waals surface area contributed by atoms with Gasteiger partial charge in [0, 0.05) is 10.6 Å². The quantitative estimate of drug-likeness (QED) is 0.620. The summed E-state index contributed by atoms with van der Waals surface area (Å²) in [5.41, 5.74) is 0.888. The third-order valence-electron chi connectivity index (χ3n) is 3.75. The van der Waals surface area contributed by atoms with E-state index < -0.39 is 6.10 Å². The zero-order valence-corrected chi connectivity index (χ0v) is 16.4. The maximum atomic E-state index is 12.5. The number of halogens is 1. The number of anilines is 1. The van der Waals surface area contributed by atoms with Crippen LogP contribution in [0, 0.1) is 0 Å². The van der Waals surface area contributed by atoms with E-state index in [4.69, 9.17) is 21.1 Å². The Bertz CT molecular complexity index is 897. The standard InChI is InChI=1S/C19H18ClN3O3S/c1-3-16(26-15-10-8-14(25-2)9-11-15)17(24)21-19-23-22-18(27-19)12-4-6-13(20)7-5-12/h4-11,16H,3H2,1-2H3,(H,21,23,24). The molecule has 1 amide bonds. The number of benzene rings is 2. The van der Waals surface area contributed by atoms with Crippen LogP contribution in [0.3, 0.4) is 0 Å². The molecular formula is C19H18ClN3O3S. The molecule has 2 aromatic carbocycles. The second-order valence-electron chi connectivity index (χ2n) is 5.60. The fraction of sp³-hybridized carbons (Fsp3) is 0.211. The van der Waals surface area contributed by atoms with E-state index in [1.807, 2.05) is 19.1 Å². The lowest BCUT2D eigenvalue weighted by Crippen LogP contribution is -2.32. The summed E-state index contributed by atoms with van der Waals surface area (Å²) >= 11 is 7.19. The first kappa shape index (κ1) is 19.1. The van der Waals surface area contributed by atoms with Gasteiger partial charge in [-0.1, -0.05) is 42.0 Å². The zero-order valence-electron chi connectivity index (χ0n) is 14.8. The predicted octanol–water partition coefficient (Wildman–Crippen LogP) is 4.66. The highest BCUT2D eigenvalue weighted by atomic mass is 35.5. The number of rotatable bonds is 7. The second-order valence-corrected chi connectivity index (χ2v) is 7.01. The molecule has 3 aromatic rings. The van der Waals surface area contributed by atoms with Crippen LogP contribution in [0.2, 0.25) is 5.02 Å². The van der Waals surface area contributed by atoms with Gasteiger partial charge >= 0.3 is 0 Å².